The molecule has 0 saturated carbocycles. The second-order valence-corrected chi connectivity index (χ2v) is 3.45. The van der Waals surface area contributed by atoms with Crippen molar-refractivity contribution in [2.45, 2.75) is 0 Å². The van der Waals surface area contributed by atoms with Gasteiger partial charge in [-0.15, -0.1) is 0 Å². The van der Waals surface area contributed by atoms with Crippen molar-refractivity contribution < 1.29 is 0 Å². The molecule has 0 aliphatic carbocycles. The highest BCUT2D eigenvalue weighted by Gasteiger charge is 1.94. The molecule has 82 valence electrons. The first-order valence-electron chi connectivity index (χ1n) is 5.24. The van der Waals surface area contributed by atoms with Gasteiger partial charge in [-0.25, -0.2) is 0 Å². The molecule has 2 aromatic carbocycles. The second kappa shape index (κ2) is 5.19. The van der Waals surface area contributed by atoms with Crippen LogP contribution in [0.25, 0.3) is 0 Å². The van der Waals surface area contributed by atoms with Crippen LogP contribution in [-0.2, 0) is 0 Å². The van der Waals surface area contributed by atoms with E-state index in [0.29, 0.717) is 6.67 Å². The second-order valence-electron chi connectivity index (χ2n) is 3.45. The van der Waals surface area contributed by atoms with Crippen molar-refractivity contribution in [2.24, 2.45) is 5.73 Å². The predicted octanol–water partition coefficient (Wildman–Crippen LogP) is 2.76. The van der Waals surface area contributed by atoms with Crippen LogP contribution >= 0.6 is 0 Å². The van der Waals surface area contributed by atoms with Gasteiger partial charge in [0.05, 0.1) is 6.67 Å². The van der Waals surface area contributed by atoms with Crippen molar-refractivity contribution in [1.29, 1.82) is 0 Å². The van der Waals surface area contributed by atoms with Gasteiger partial charge in [0.1, 0.15) is 0 Å². The van der Waals surface area contributed by atoms with E-state index in [1.54, 1.807) is 0 Å². The zero-order valence-electron chi connectivity index (χ0n) is 8.98. The first kappa shape index (κ1) is 10.5. The van der Waals surface area contributed by atoms with E-state index in [2.05, 4.69) is 10.6 Å². The van der Waals surface area contributed by atoms with Crippen LogP contribution in [-0.4, -0.2) is 6.67 Å². The Bertz CT molecular complexity index is 423. The molecule has 0 unspecified atom stereocenters. The maximum atomic E-state index is 5.40. The van der Waals surface area contributed by atoms with Crippen LogP contribution in [0.1, 0.15) is 0 Å². The Kier molecular flexibility index (Phi) is 3.41. The Morgan fingerprint density at radius 1 is 0.750 bits per heavy atom. The van der Waals surface area contributed by atoms with Crippen LogP contribution in [0.4, 0.5) is 17.1 Å². The van der Waals surface area contributed by atoms with Crippen LogP contribution in [0.5, 0.6) is 0 Å². The van der Waals surface area contributed by atoms with Gasteiger partial charge in [0.25, 0.3) is 0 Å². The summed E-state index contributed by atoms with van der Waals surface area (Å²) in [6, 6.07) is 18.1. The van der Waals surface area contributed by atoms with Gasteiger partial charge >= 0.3 is 0 Å². The average molecular weight is 213 g/mol. The number of para-hydroxylation sites is 1. The molecular weight excluding hydrogens is 198 g/mol. The highest BCUT2D eigenvalue weighted by Crippen LogP contribution is 2.18. The van der Waals surface area contributed by atoms with E-state index in [1.807, 2.05) is 54.6 Å². The summed E-state index contributed by atoms with van der Waals surface area (Å²) in [5.74, 6) is 0. The Hall–Kier alpha value is -2.00. The minimum Gasteiger partial charge on any atom is -0.373 e. The standard InChI is InChI=1S/C13H15N3/c14-10-15-11-6-8-13(9-7-11)16-12-4-2-1-3-5-12/h1-9,15-16H,10,14H2. The topological polar surface area (TPSA) is 50.1 Å². The molecule has 3 heteroatoms. The predicted molar refractivity (Wildman–Crippen MR) is 68.8 cm³/mol. The smallest absolute Gasteiger partial charge is 0.0628 e. The lowest BCUT2D eigenvalue weighted by molar-refractivity contribution is 1.14. The van der Waals surface area contributed by atoms with Gasteiger partial charge in [-0.1, -0.05) is 18.2 Å². The SMILES string of the molecule is NCNc1ccc(Nc2ccccc2)cc1. The third kappa shape index (κ3) is 2.74. The molecule has 2 rings (SSSR count). The molecule has 0 aromatic heterocycles. The fourth-order valence-corrected chi connectivity index (χ4v) is 1.48. The lowest BCUT2D eigenvalue weighted by Gasteiger charge is -2.07. The summed E-state index contributed by atoms with van der Waals surface area (Å²) in [4.78, 5) is 0. The van der Waals surface area contributed by atoms with E-state index in [4.69, 9.17) is 5.73 Å². The molecule has 4 N–H and O–H groups in total. The average Bonchev–Trinajstić information content (AvgIpc) is 2.33. The summed E-state index contributed by atoms with van der Waals surface area (Å²) >= 11 is 0. The summed E-state index contributed by atoms with van der Waals surface area (Å²) in [5.41, 5.74) is 8.57. The monoisotopic (exact) mass is 213 g/mol. The van der Waals surface area contributed by atoms with Crippen LogP contribution in [0, 0.1) is 0 Å². The van der Waals surface area contributed by atoms with Crippen LogP contribution in [0.15, 0.2) is 54.6 Å². The van der Waals surface area contributed by atoms with Crippen molar-refractivity contribution in [1.82, 2.24) is 0 Å². The number of hydrogen-bond acceptors (Lipinski definition) is 3. The molecule has 0 spiro atoms. The minimum atomic E-state index is 0.450. The van der Waals surface area contributed by atoms with E-state index in [9.17, 15) is 0 Å². The summed E-state index contributed by atoms with van der Waals surface area (Å²) in [7, 11) is 0. The number of rotatable bonds is 4. The van der Waals surface area contributed by atoms with Gasteiger partial charge < -0.3 is 16.4 Å². The van der Waals surface area contributed by atoms with Gasteiger partial charge in [0.2, 0.25) is 0 Å². The molecular formula is C13H15N3. The van der Waals surface area contributed by atoms with E-state index < -0.39 is 0 Å². The largest absolute Gasteiger partial charge is 0.373 e. The molecule has 16 heavy (non-hydrogen) atoms. The zero-order valence-corrected chi connectivity index (χ0v) is 8.98. The van der Waals surface area contributed by atoms with Crippen LogP contribution in [0.3, 0.4) is 0 Å². The summed E-state index contributed by atoms with van der Waals surface area (Å²) in [6.45, 7) is 0.450. The van der Waals surface area contributed by atoms with Crippen molar-refractivity contribution in [3.05, 3.63) is 54.6 Å². The molecule has 0 heterocycles. The highest BCUT2D eigenvalue weighted by atomic mass is 15.0. The number of benzene rings is 2. The molecule has 0 radical (unpaired) electrons. The lowest BCUT2D eigenvalue weighted by Crippen LogP contribution is -2.10. The van der Waals surface area contributed by atoms with Gasteiger partial charge in [-0.05, 0) is 36.4 Å². The third-order valence-electron chi connectivity index (χ3n) is 2.25. The molecule has 0 aliphatic rings. The molecule has 2 aromatic rings. The summed E-state index contributed by atoms with van der Waals surface area (Å²) < 4.78 is 0. The fraction of sp³-hybridized carbons (Fsp3) is 0.0769. The normalized spacial score (nSPS) is 9.81. The maximum absolute atomic E-state index is 5.40. The Balaban J connectivity index is 2.05. The minimum absolute atomic E-state index is 0.450. The van der Waals surface area contributed by atoms with Crippen molar-refractivity contribution in [3.8, 4) is 0 Å². The number of nitrogens with two attached hydrogens (primary N) is 1. The highest BCUT2D eigenvalue weighted by molar-refractivity contribution is 5.62. The van der Waals surface area contributed by atoms with E-state index >= 15 is 0 Å². The Morgan fingerprint density at radius 2 is 1.31 bits per heavy atom. The molecule has 0 fully saturated rings. The van der Waals surface area contributed by atoms with Crippen LogP contribution in [0.2, 0.25) is 0 Å². The summed E-state index contributed by atoms with van der Waals surface area (Å²) in [5, 5.41) is 6.36. The fourth-order valence-electron chi connectivity index (χ4n) is 1.48. The van der Waals surface area contributed by atoms with Gasteiger partial charge in [-0.3, -0.25) is 0 Å². The number of nitrogens with one attached hydrogen (secondary N) is 2. The molecule has 0 saturated heterocycles. The third-order valence-corrected chi connectivity index (χ3v) is 2.25. The van der Waals surface area contributed by atoms with E-state index in [0.717, 1.165) is 17.1 Å². The van der Waals surface area contributed by atoms with Gasteiger partial charge in [0.15, 0.2) is 0 Å². The number of hydrogen-bond donors (Lipinski definition) is 3. The van der Waals surface area contributed by atoms with Crippen molar-refractivity contribution in [2.75, 3.05) is 17.3 Å². The van der Waals surface area contributed by atoms with E-state index in [-0.39, 0.29) is 0 Å². The van der Waals surface area contributed by atoms with E-state index in [1.165, 1.54) is 0 Å². The summed E-state index contributed by atoms with van der Waals surface area (Å²) in [6.07, 6.45) is 0. The zero-order chi connectivity index (χ0) is 11.2. The van der Waals surface area contributed by atoms with Crippen molar-refractivity contribution >= 4 is 17.1 Å². The van der Waals surface area contributed by atoms with Crippen molar-refractivity contribution in [3.63, 3.8) is 0 Å². The van der Waals surface area contributed by atoms with Gasteiger partial charge in [-0.2, -0.15) is 0 Å². The Labute approximate surface area is 95.3 Å². The maximum Gasteiger partial charge on any atom is 0.0628 e. The molecule has 0 bridgehead atoms. The van der Waals surface area contributed by atoms with Gasteiger partial charge in [0, 0.05) is 17.1 Å². The quantitative estimate of drug-likeness (QED) is 0.684. The molecule has 0 aliphatic heterocycles. The first-order valence-corrected chi connectivity index (χ1v) is 5.24. The molecule has 3 nitrogen and oxygen atoms in total. The number of anilines is 3. The Morgan fingerprint density at radius 3 is 1.94 bits per heavy atom. The molecule has 0 amide bonds. The first-order chi connectivity index (χ1) is 7.88. The molecule has 0 atom stereocenters. The van der Waals surface area contributed by atoms with Crippen LogP contribution < -0.4 is 16.4 Å². The lowest BCUT2D eigenvalue weighted by atomic mass is 10.2.